The van der Waals surface area contributed by atoms with Crippen LogP contribution < -0.4 is 5.43 Å². The number of halogens is 2. The molecule has 0 saturated heterocycles. The number of benzene rings is 1. The van der Waals surface area contributed by atoms with Crippen molar-refractivity contribution in [2.75, 3.05) is 5.43 Å². The molecule has 0 saturated carbocycles. The Balaban J connectivity index is 2.66. The molecule has 0 amide bonds. The molecule has 5 nitrogen and oxygen atoms in total. The van der Waals surface area contributed by atoms with Crippen LogP contribution in [0.5, 0.6) is 0 Å². The van der Waals surface area contributed by atoms with Gasteiger partial charge in [0.05, 0.1) is 26.7 Å². The van der Waals surface area contributed by atoms with E-state index in [1.165, 1.54) is 24.3 Å². The third-order valence-corrected chi connectivity index (χ3v) is 1.74. The molecule has 0 unspecified atom stereocenters. The first-order chi connectivity index (χ1) is 6.59. The van der Waals surface area contributed by atoms with Gasteiger partial charge in [-0.05, 0) is 29.2 Å². The first-order valence-electron chi connectivity index (χ1n) is 3.49. The Morgan fingerprint density at radius 3 is 2.57 bits per heavy atom. The van der Waals surface area contributed by atoms with Crippen molar-refractivity contribution in [3.8, 4) is 0 Å². The first-order valence-corrected chi connectivity index (χ1v) is 4.28. The highest BCUT2D eigenvalue weighted by molar-refractivity contribution is 9.18. The van der Waals surface area contributed by atoms with Gasteiger partial charge >= 0.3 is 4.74 Å². The number of nitrogens with zero attached hydrogens (tertiary/aromatic N) is 2. The summed E-state index contributed by atoms with van der Waals surface area (Å²) < 4.78 is 12.0. The normalized spacial score (nSPS) is 11.1. The quantitative estimate of drug-likeness (QED) is 0.292. The molecule has 14 heavy (non-hydrogen) atoms. The van der Waals surface area contributed by atoms with Crippen molar-refractivity contribution in [3.63, 3.8) is 0 Å². The summed E-state index contributed by atoms with van der Waals surface area (Å²) in [5.74, 6) is -0.382. The molecule has 0 aliphatic rings. The summed E-state index contributed by atoms with van der Waals surface area (Å²) in [6, 6.07) is 5.27. The molecular weight excluding hydrogens is 257 g/mol. The van der Waals surface area contributed by atoms with Gasteiger partial charge in [-0.25, -0.2) is 4.39 Å². The van der Waals surface area contributed by atoms with Gasteiger partial charge in [0.25, 0.3) is 0 Å². The maximum atomic E-state index is 12.4. The van der Waals surface area contributed by atoms with E-state index < -0.39 is 9.67 Å². The van der Waals surface area contributed by atoms with E-state index in [1.54, 1.807) is 0 Å². The summed E-state index contributed by atoms with van der Waals surface area (Å²) >= 11 is 2.63. The molecule has 0 fully saturated rings. The Kier molecular flexibility index (Phi) is 3.52. The van der Waals surface area contributed by atoms with Crippen LogP contribution in [0.4, 0.5) is 10.1 Å². The lowest BCUT2D eigenvalue weighted by molar-refractivity contribution is -0.342. The number of amidine groups is 1. The van der Waals surface area contributed by atoms with Gasteiger partial charge in [-0.2, -0.15) is 5.43 Å². The van der Waals surface area contributed by atoms with E-state index in [-0.39, 0.29) is 5.82 Å². The van der Waals surface area contributed by atoms with Crippen LogP contribution in [0.2, 0.25) is 0 Å². The number of hydrogen-bond acceptors (Lipinski definition) is 4. The molecule has 1 rings (SSSR count). The molecule has 74 valence electrons. The molecule has 0 aliphatic heterocycles. The predicted octanol–water partition coefficient (Wildman–Crippen LogP) is 2.18. The van der Waals surface area contributed by atoms with Crippen LogP contribution in [0.3, 0.4) is 0 Å². The lowest BCUT2D eigenvalue weighted by Crippen LogP contribution is -2.05. The fourth-order valence-electron chi connectivity index (χ4n) is 0.676. The second-order valence-corrected chi connectivity index (χ2v) is 2.97. The average Bonchev–Trinajstić information content (AvgIpc) is 2.16. The van der Waals surface area contributed by atoms with E-state index in [2.05, 4.69) is 26.5 Å². The topological polar surface area (TPSA) is 67.5 Å². The first kappa shape index (κ1) is 10.6. The highest BCUT2D eigenvalue weighted by Gasteiger charge is 2.05. The minimum atomic E-state index is -0.698. The lowest BCUT2D eigenvalue weighted by Gasteiger charge is -1.94. The Bertz CT molecular complexity index is 366. The third kappa shape index (κ3) is 3.09. The highest BCUT2D eigenvalue weighted by atomic mass is 79.9. The van der Waals surface area contributed by atoms with E-state index in [0.717, 1.165) is 0 Å². The molecule has 1 N–H and O–H groups in total. The van der Waals surface area contributed by atoms with E-state index >= 15 is 0 Å². The van der Waals surface area contributed by atoms with E-state index in [4.69, 9.17) is 0 Å². The van der Waals surface area contributed by atoms with Crippen LogP contribution in [0, 0.1) is 15.9 Å². The van der Waals surface area contributed by atoms with Gasteiger partial charge in [0, 0.05) is 0 Å². The zero-order chi connectivity index (χ0) is 10.6. The van der Waals surface area contributed by atoms with E-state index in [9.17, 15) is 14.5 Å². The van der Waals surface area contributed by atoms with Crippen molar-refractivity contribution in [1.82, 2.24) is 0 Å². The minimum absolute atomic E-state index is 0.382. The van der Waals surface area contributed by atoms with Gasteiger partial charge in [-0.15, -0.1) is 0 Å². The summed E-state index contributed by atoms with van der Waals surface area (Å²) in [4.78, 5) is 9.40. The number of rotatable bonds is 2. The second-order valence-electron chi connectivity index (χ2n) is 2.26. The van der Waals surface area contributed by atoms with Crippen molar-refractivity contribution in [3.05, 3.63) is 40.2 Å². The Labute approximate surface area is 86.9 Å². The minimum Gasteiger partial charge on any atom is -0.357 e. The number of nitro groups is 1. The maximum absolute atomic E-state index is 12.4. The molecule has 1 aromatic rings. The van der Waals surface area contributed by atoms with Crippen molar-refractivity contribution in [2.24, 2.45) is 5.10 Å². The van der Waals surface area contributed by atoms with Gasteiger partial charge in [-0.1, -0.05) is 0 Å². The number of nitrogens with one attached hydrogen (secondary N) is 1. The number of hydrazone groups is 1. The molecule has 0 spiro atoms. The fourth-order valence-corrected chi connectivity index (χ4v) is 0.765. The van der Waals surface area contributed by atoms with Gasteiger partial charge < -0.3 is 10.1 Å². The van der Waals surface area contributed by atoms with Crippen molar-refractivity contribution in [2.45, 2.75) is 0 Å². The van der Waals surface area contributed by atoms with Gasteiger partial charge in [0.1, 0.15) is 5.82 Å². The highest BCUT2D eigenvalue weighted by Crippen LogP contribution is 2.08. The summed E-state index contributed by atoms with van der Waals surface area (Å²) in [6.45, 7) is 0. The predicted molar refractivity (Wildman–Crippen MR) is 53.4 cm³/mol. The molecular formula is C7H5BrFN3O2. The molecule has 0 atom stereocenters. The second kappa shape index (κ2) is 4.66. The van der Waals surface area contributed by atoms with E-state index in [1.807, 2.05) is 0 Å². The SMILES string of the molecule is O=[N+]([O-])C(Br)=NNc1ccc(F)cc1. The van der Waals surface area contributed by atoms with Gasteiger partial charge in [0.15, 0.2) is 0 Å². The summed E-state index contributed by atoms with van der Waals surface area (Å²) in [6.07, 6.45) is 0. The standard InChI is InChI=1S/C7H5BrFN3O2/c8-7(12(13)14)11-10-6-3-1-5(9)2-4-6/h1-4,10H. The van der Waals surface area contributed by atoms with Crippen molar-refractivity contribution in [1.29, 1.82) is 0 Å². The molecule has 0 radical (unpaired) electrons. The van der Waals surface area contributed by atoms with Crippen molar-refractivity contribution < 1.29 is 9.31 Å². The molecule has 1 aromatic carbocycles. The summed E-state index contributed by atoms with van der Waals surface area (Å²) in [5, 5.41) is 13.5. The van der Waals surface area contributed by atoms with Gasteiger partial charge in [0.2, 0.25) is 0 Å². The maximum Gasteiger partial charge on any atom is 0.430 e. The fraction of sp³-hybridized carbons (Fsp3) is 0. The van der Waals surface area contributed by atoms with Crippen molar-refractivity contribution >= 4 is 26.4 Å². The largest absolute Gasteiger partial charge is 0.430 e. The molecule has 0 aromatic heterocycles. The van der Waals surface area contributed by atoms with Crippen LogP contribution >= 0.6 is 15.9 Å². The average molecular weight is 262 g/mol. The summed E-state index contributed by atoms with van der Waals surface area (Å²) in [5.41, 5.74) is 2.85. The van der Waals surface area contributed by atoms with Crippen LogP contribution in [0.1, 0.15) is 0 Å². The Morgan fingerprint density at radius 2 is 2.07 bits per heavy atom. The van der Waals surface area contributed by atoms with Crippen LogP contribution in [0.15, 0.2) is 29.4 Å². The molecule has 0 bridgehead atoms. The zero-order valence-electron chi connectivity index (χ0n) is 6.78. The molecule has 7 heteroatoms. The lowest BCUT2D eigenvalue weighted by atomic mass is 10.3. The van der Waals surface area contributed by atoms with Crippen LogP contribution in [0.25, 0.3) is 0 Å². The smallest absolute Gasteiger partial charge is 0.357 e. The van der Waals surface area contributed by atoms with E-state index in [0.29, 0.717) is 5.69 Å². The molecule has 0 aliphatic carbocycles. The van der Waals surface area contributed by atoms with Crippen LogP contribution in [-0.2, 0) is 0 Å². The number of anilines is 1. The monoisotopic (exact) mass is 261 g/mol. The van der Waals surface area contributed by atoms with Crippen LogP contribution in [-0.4, -0.2) is 9.67 Å². The third-order valence-electron chi connectivity index (χ3n) is 1.27. The van der Waals surface area contributed by atoms with Gasteiger partial charge in [-0.3, -0.25) is 0 Å². The zero-order valence-corrected chi connectivity index (χ0v) is 8.36. The number of hydrogen-bond donors (Lipinski definition) is 1. The Morgan fingerprint density at radius 1 is 1.50 bits per heavy atom. The summed E-state index contributed by atoms with van der Waals surface area (Å²) in [7, 11) is 0. The molecule has 0 heterocycles. The Hall–Kier alpha value is -1.50.